The fourth-order valence-corrected chi connectivity index (χ4v) is 2.44. The fourth-order valence-electron chi connectivity index (χ4n) is 2.44. The molecule has 0 saturated carbocycles. The maximum absolute atomic E-state index is 12.7. The number of carbonyl (C=O) groups is 1. The fraction of sp³-hybridized carbons (Fsp3) is 0.611. The van der Waals surface area contributed by atoms with Crippen LogP contribution >= 0.6 is 0 Å². The summed E-state index contributed by atoms with van der Waals surface area (Å²) < 4.78 is 59.7. The van der Waals surface area contributed by atoms with Gasteiger partial charge in [0.2, 0.25) is 0 Å². The lowest BCUT2D eigenvalue weighted by Crippen LogP contribution is -2.37. The van der Waals surface area contributed by atoms with Gasteiger partial charge in [0, 0.05) is 6.54 Å². The Hall–Kier alpha value is -2.00. The highest BCUT2D eigenvalue weighted by Gasteiger charge is 2.33. The molecule has 1 aliphatic heterocycles. The number of amides is 1. The number of nitrogens with one attached hydrogen (secondary N) is 1. The monoisotopic (exact) mass is 391 g/mol. The molecule has 0 bridgehead atoms. The first-order valence-corrected chi connectivity index (χ1v) is 8.65. The van der Waals surface area contributed by atoms with E-state index < -0.39 is 29.7 Å². The minimum atomic E-state index is -4.44. The zero-order chi connectivity index (χ0) is 20.1. The largest absolute Gasteiger partial charge is 0.490 e. The van der Waals surface area contributed by atoms with Crippen LogP contribution in [0.4, 0.5) is 18.0 Å². The summed E-state index contributed by atoms with van der Waals surface area (Å²) in [6.45, 7) is 5.88. The predicted molar refractivity (Wildman–Crippen MR) is 90.4 cm³/mol. The Morgan fingerprint density at radius 2 is 2.15 bits per heavy atom. The smallest absolute Gasteiger partial charge is 0.416 e. The van der Waals surface area contributed by atoms with E-state index in [4.69, 9.17) is 18.9 Å². The van der Waals surface area contributed by atoms with E-state index >= 15 is 0 Å². The van der Waals surface area contributed by atoms with Gasteiger partial charge in [-0.1, -0.05) is 13.0 Å². The minimum Gasteiger partial charge on any atom is -0.490 e. The molecule has 2 rings (SSSR count). The Morgan fingerprint density at radius 3 is 2.74 bits per heavy atom. The van der Waals surface area contributed by atoms with E-state index in [1.165, 1.54) is 12.1 Å². The van der Waals surface area contributed by atoms with Gasteiger partial charge in [0.05, 0.1) is 12.2 Å². The summed E-state index contributed by atoms with van der Waals surface area (Å²) in [7, 11) is 0. The number of alkyl carbamates (subject to hydrolysis) is 1. The molecule has 1 heterocycles. The van der Waals surface area contributed by atoms with Gasteiger partial charge in [0.25, 0.3) is 0 Å². The van der Waals surface area contributed by atoms with E-state index in [0.29, 0.717) is 13.0 Å². The van der Waals surface area contributed by atoms with Gasteiger partial charge in [-0.05, 0) is 38.5 Å². The first-order valence-electron chi connectivity index (χ1n) is 8.65. The van der Waals surface area contributed by atoms with Crippen LogP contribution in [0.25, 0.3) is 0 Å². The summed E-state index contributed by atoms with van der Waals surface area (Å²) in [6, 6.07) is 4.55. The van der Waals surface area contributed by atoms with Crippen LogP contribution in [0.15, 0.2) is 24.3 Å². The van der Waals surface area contributed by atoms with Gasteiger partial charge in [-0.15, -0.1) is 0 Å². The Labute approximate surface area is 155 Å². The molecule has 1 saturated heterocycles. The number of rotatable bonds is 7. The van der Waals surface area contributed by atoms with Crippen molar-refractivity contribution < 1.29 is 36.9 Å². The third-order valence-corrected chi connectivity index (χ3v) is 3.87. The summed E-state index contributed by atoms with van der Waals surface area (Å²) in [5.74, 6) is -0.618. The third-order valence-electron chi connectivity index (χ3n) is 3.87. The molecule has 9 heteroatoms. The van der Waals surface area contributed by atoms with Crippen LogP contribution in [0.1, 0.15) is 32.8 Å². The van der Waals surface area contributed by atoms with Crippen molar-refractivity contribution >= 4 is 6.09 Å². The van der Waals surface area contributed by atoms with Gasteiger partial charge in [-0.2, -0.15) is 13.2 Å². The molecule has 0 aliphatic carbocycles. The van der Waals surface area contributed by atoms with Gasteiger partial charge in [-0.3, -0.25) is 0 Å². The summed E-state index contributed by atoms with van der Waals surface area (Å²) in [6.07, 6.45) is -5.52. The highest BCUT2D eigenvalue weighted by Crippen LogP contribution is 2.31. The number of ether oxygens (including phenoxy) is 4. The molecule has 152 valence electrons. The van der Waals surface area contributed by atoms with Crippen molar-refractivity contribution in [2.45, 2.75) is 51.4 Å². The second kappa shape index (κ2) is 8.79. The molecule has 1 aromatic rings. The Morgan fingerprint density at radius 1 is 1.41 bits per heavy atom. The number of alkyl halides is 3. The third kappa shape index (κ3) is 6.91. The number of carbonyl (C=O) groups excluding carboxylic acids is 1. The number of benzene rings is 1. The molecule has 0 radical (unpaired) electrons. The zero-order valence-electron chi connectivity index (χ0n) is 15.5. The molecular formula is C18H24F3NO5. The van der Waals surface area contributed by atoms with Gasteiger partial charge >= 0.3 is 12.3 Å². The van der Waals surface area contributed by atoms with Crippen molar-refractivity contribution in [3.05, 3.63) is 29.8 Å². The normalized spacial score (nSPS) is 20.1. The SMILES string of the molecule is CCC(COc1cccc(C(F)(F)F)c1)OC(=O)NCC1COC(C)(C)O1. The van der Waals surface area contributed by atoms with Crippen LogP contribution in [-0.2, 0) is 20.4 Å². The molecule has 2 atom stereocenters. The molecular weight excluding hydrogens is 367 g/mol. The zero-order valence-corrected chi connectivity index (χ0v) is 15.5. The average Bonchev–Trinajstić information content (AvgIpc) is 2.95. The first-order chi connectivity index (χ1) is 12.6. The molecule has 27 heavy (non-hydrogen) atoms. The lowest BCUT2D eigenvalue weighted by molar-refractivity contribution is -0.138. The number of hydrogen-bond donors (Lipinski definition) is 1. The Bertz CT molecular complexity index is 636. The first kappa shape index (κ1) is 21.3. The minimum absolute atomic E-state index is 0.0543. The Balaban J connectivity index is 1.77. The van der Waals surface area contributed by atoms with E-state index in [0.717, 1.165) is 12.1 Å². The van der Waals surface area contributed by atoms with Crippen LogP contribution in [0.3, 0.4) is 0 Å². The molecule has 0 spiro atoms. The summed E-state index contributed by atoms with van der Waals surface area (Å²) in [4.78, 5) is 11.9. The topological polar surface area (TPSA) is 66.0 Å². The van der Waals surface area contributed by atoms with Crippen LogP contribution in [0.5, 0.6) is 5.75 Å². The summed E-state index contributed by atoms with van der Waals surface area (Å²) in [5.41, 5.74) is -0.798. The van der Waals surface area contributed by atoms with Crippen LogP contribution in [0.2, 0.25) is 0 Å². The quantitative estimate of drug-likeness (QED) is 0.767. The van der Waals surface area contributed by atoms with Gasteiger partial charge in [0.15, 0.2) is 5.79 Å². The maximum Gasteiger partial charge on any atom is 0.416 e. The molecule has 1 aliphatic rings. The van der Waals surface area contributed by atoms with Crippen LogP contribution < -0.4 is 10.1 Å². The van der Waals surface area contributed by atoms with Gasteiger partial charge < -0.3 is 24.3 Å². The van der Waals surface area contributed by atoms with Crippen molar-refractivity contribution in [2.75, 3.05) is 19.8 Å². The second-order valence-corrected chi connectivity index (χ2v) is 6.60. The van der Waals surface area contributed by atoms with Crippen molar-refractivity contribution in [2.24, 2.45) is 0 Å². The second-order valence-electron chi connectivity index (χ2n) is 6.60. The van der Waals surface area contributed by atoms with Crippen molar-refractivity contribution in [1.82, 2.24) is 5.32 Å². The van der Waals surface area contributed by atoms with Crippen molar-refractivity contribution in [3.63, 3.8) is 0 Å². The molecule has 0 aromatic heterocycles. The van der Waals surface area contributed by atoms with E-state index in [1.54, 1.807) is 20.8 Å². The molecule has 1 N–H and O–H groups in total. The summed E-state index contributed by atoms with van der Waals surface area (Å²) >= 11 is 0. The molecule has 6 nitrogen and oxygen atoms in total. The molecule has 2 unspecified atom stereocenters. The van der Waals surface area contributed by atoms with Crippen molar-refractivity contribution in [1.29, 1.82) is 0 Å². The highest BCUT2D eigenvalue weighted by atomic mass is 19.4. The van der Waals surface area contributed by atoms with Gasteiger partial charge in [-0.25, -0.2) is 4.79 Å². The summed E-state index contributed by atoms with van der Waals surface area (Å²) in [5, 5.41) is 2.58. The van der Waals surface area contributed by atoms with E-state index in [1.807, 2.05) is 0 Å². The van der Waals surface area contributed by atoms with Gasteiger partial charge in [0.1, 0.15) is 24.6 Å². The Kier molecular flexibility index (Phi) is 6.94. The van der Waals surface area contributed by atoms with Crippen LogP contribution in [0, 0.1) is 0 Å². The van der Waals surface area contributed by atoms with Crippen molar-refractivity contribution in [3.8, 4) is 5.75 Å². The highest BCUT2D eigenvalue weighted by molar-refractivity contribution is 5.67. The lowest BCUT2D eigenvalue weighted by atomic mass is 10.2. The van der Waals surface area contributed by atoms with E-state index in [9.17, 15) is 18.0 Å². The lowest BCUT2D eigenvalue weighted by Gasteiger charge is -2.19. The standard InChI is InChI=1S/C18H24F3NO5/c1-4-13(10-24-14-7-5-6-12(8-14)18(19,20)21)26-16(23)22-9-15-11-25-17(2,3)27-15/h5-8,13,15H,4,9-11H2,1-3H3,(H,22,23). The van der Waals surface area contributed by atoms with E-state index in [-0.39, 0.29) is 25.0 Å². The number of halogens is 3. The molecule has 1 fully saturated rings. The average molecular weight is 391 g/mol. The molecule has 1 aromatic carbocycles. The van der Waals surface area contributed by atoms with E-state index in [2.05, 4.69) is 5.32 Å². The maximum atomic E-state index is 12.7. The number of hydrogen-bond acceptors (Lipinski definition) is 5. The molecule has 1 amide bonds. The van der Waals surface area contributed by atoms with Crippen LogP contribution in [-0.4, -0.2) is 43.8 Å². The predicted octanol–water partition coefficient (Wildman–Crippen LogP) is 3.74.